The summed E-state index contributed by atoms with van der Waals surface area (Å²) < 4.78 is 17.2. The SMILES string of the molecule is Cc1nn(CCC(=O)Nc2ncn(Cc3ccc(F)cc3Cl)n2)cc1Br. The summed E-state index contributed by atoms with van der Waals surface area (Å²) >= 11 is 9.38. The maximum atomic E-state index is 13.1. The second-order valence-corrected chi connectivity index (χ2v) is 6.89. The monoisotopic (exact) mass is 440 g/mol. The van der Waals surface area contributed by atoms with Gasteiger partial charge in [-0.15, -0.1) is 5.10 Å². The second kappa shape index (κ2) is 7.96. The number of anilines is 1. The van der Waals surface area contributed by atoms with E-state index < -0.39 is 5.82 Å². The molecule has 0 aliphatic heterocycles. The lowest BCUT2D eigenvalue weighted by atomic mass is 10.2. The van der Waals surface area contributed by atoms with Crippen LogP contribution >= 0.6 is 27.5 Å². The lowest BCUT2D eigenvalue weighted by molar-refractivity contribution is -0.116. The van der Waals surface area contributed by atoms with Gasteiger partial charge in [0.15, 0.2) is 0 Å². The van der Waals surface area contributed by atoms with Crippen LogP contribution in [-0.2, 0) is 17.9 Å². The van der Waals surface area contributed by atoms with E-state index in [1.54, 1.807) is 10.7 Å². The number of halogens is 3. The van der Waals surface area contributed by atoms with Crippen molar-refractivity contribution in [3.8, 4) is 0 Å². The van der Waals surface area contributed by atoms with Gasteiger partial charge in [0.25, 0.3) is 0 Å². The lowest BCUT2D eigenvalue weighted by Gasteiger charge is -2.04. The van der Waals surface area contributed by atoms with Gasteiger partial charge in [-0.05, 0) is 40.5 Å². The van der Waals surface area contributed by atoms with Crippen LogP contribution < -0.4 is 5.32 Å². The van der Waals surface area contributed by atoms with Crippen LogP contribution in [0.4, 0.5) is 10.3 Å². The maximum absolute atomic E-state index is 13.1. The number of hydrogen-bond acceptors (Lipinski definition) is 4. The molecule has 3 rings (SSSR count). The molecule has 0 aliphatic carbocycles. The molecule has 26 heavy (non-hydrogen) atoms. The normalized spacial score (nSPS) is 10.9. The zero-order chi connectivity index (χ0) is 18.7. The summed E-state index contributed by atoms with van der Waals surface area (Å²) in [6.45, 7) is 2.65. The smallest absolute Gasteiger partial charge is 0.248 e. The molecular weight excluding hydrogens is 427 g/mol. The number of hydrogen-bond donors (Lipinski definition) is 1. The molecule has 0 saturated heterocycles. The van der Waals surface area contributed by atoms with Crippen LogP contribution in [0.25, 0.3) is 0 Å². The first-order valence-electron chi connectivity index (χ1n) is 7.73. The fourth-order valence-corrected chi connectivity index (χ4v) is 2.81. The van der Waals surface area contributed by atoms with Gasteiger partial charge in [-0.3, -0.25) is 14.8 Å². The number of nitrogens with zero attached hydrogens (tertiary/aromatic N) is 5. The highest BCUT2D eigenvalue weighted by molar-refractivity contribution is 9.10. The highest BCUT2D eigenvalue weighted by Gasteiger charge is 2.10. The molecule has 1 N–H and O–H groups in total. The van der Waals surface area contributed by atoms with Gasteiger partial charge in [0, 0.05) is 24.2 Å². The zero-order valence-corrected chi connectivity index (χ0v) is 16.1. The number of benzene rings is 1. The Balaban J connectivity index is 1.55. The van der Waals surface area contributed by atoms with Crippen LogP contribution in [0.5, 0.6) is 0 Å². The minimum atomic E-state index is -0.398. The van der Waals surface area contributed by atoms with Crippen molar-refractivity contribution in [1.82, 2.24) is 24.5 Å². The van der Waals surface area contributed by atoms with Crippen molar-refractivity contribution >= 4 is 39.4 Å². The molecule has 1 aromatic carbocycles. The molecule has 2 aromatic heterocycles. The standard InChI is InChI=1S/C16H15BrClFN6O/c1-10-13(17)8-24(22-10)5-4-15(26)21-16-20-9-25(23-16)7-11-2-3-12(19)6-14(11)18/h2-3,6,8-9H,4-5,7H2,1H3,(H,21,23,26). The number of amides is 1. The molecule has 3 aromatic rings. The van der Waals surface area contributed by atoms with E-state index in [0.29, 0.717) is 23.7 Å². The molecule has 2 heterocycles. The maximum Gasteiger partial charge on any atom is 0.248 e. The molecule has 0 bridgehead atoms. The fourth-order valence-electron chi connectivity index (χ4n) is 2.26. The number of rotatable bonds is 6. The highest BCUT2D eigenvalue weighted by atomic mass is 79.9. The number of aryl methyl sites for hydroxylation is 2. The summed E-state index contributed by atoms with van der Waals surface area (Å²) in [6.07, 6.45) is 3.54. The van der Waals surface area contributed by atoms with Gasteiger partial charge in [0.05, 0.1) is 16.7 Å². The molecule has 0 radical (unpaired) electrons. The van der Waals surface area contributed by atoms with Crippen molar-refractivity contribution in [2.75, 3.05) is 5.32 Å². The number of carbonyl (C=O) groups excluding carboxylic acids is 1. The number of nitrogens with one attached hydrogen (secondary N) is 1. The minimum Gasteiger partial charge on any atom is -0.293 e. The fraction of sp³-hybridized carbons (Fsp3) is 0.250. The van der Waals surface area contributed by atoms with E-state index in [1.807, 2.05) is 13.1 Å². The molecule has 7 nitrogen and oxygen atoms in total. The Labute approximate surface area is 162 Å². The molecule has 1 amide bonds. The Kier molecular flexibility index (Phi) is 5.67. The summed E-state index contributed by atoms with van der Waals surface area (Å²) in [5.74, 6) is -0.414. The summed E-state index contributed by atoms with van der Waals surface area (Å²) in [4.78, 5) is 16.1. The second-order valence-electron chi connectivity index (χ2n) is 5.63. The third kappa shape index (κ3) is 4.67. The van der Waals surface area contributed by atoms with Crippen molar-refractivity contribution in [2.45, 2.75) is 26.4 Å². The molecule has 0 aliphatic rings. The third-order valence-corrected chi connectivity index (χ3v) is 4.72. The Hall–Kier alpha value is -2.26. The molecule has 0 saturated carbocycles. The van der Waals surface area contributed by atoms with E-state index in [0.717, 1.165) is 10.2 Å². The van der Waals surface area contributed by atoms with Gasteiger partial charge in [-0.25, -0.2) is 14.1 Å². The van der Waals surface area contributed by atoms with Gasteiger partial charge < -0.3 is 0 Å². The average molecular weight is 442 g/mol. The van der Waals surface area contributed by atoms with E-state index in [4.69, 9.17) is 11.6 Å². The minimum absolute atomic E-state index is 0.200. The van der Waals surface area contributed by atoms with Crippen molar-refractivity contribution in [3.05, 3.63) is 57.3 Å². The predicted molar refractivity (Wildman–Crippen MR) is 98.4 cm³/mol. The van der Waals surface area contributed by atoms with E-state index in [2.05, 4.69) is 36.4 Å². The summed E-state index contributed by atoms with van der Waals surface area (Å²) in [6, 6.07) is 4.16. The number of aromatic nitrogens is 5. The van der Waals surface area contributed by atoms with Gasteiger partial charge >= 0.3 is 0 Å². The van der Waals surface area contributed by atoms with Crippen LogP contribution in [-0.4, -0.2) is 30.5 Å². The Morgan fingerprint density at radius 3 is 2.85 bits per heavy atom. The zero-order valence-electron chi connectivity index (χ0n) is 13.8. The summed E-state index contributed by atoms with van der Waals surface area (Å²) in [7, 11) is 0. The first-order chi connectivity index (χ1) is 12.4. The summed E-state index contributed by atoms with van der Waals surface area (Å²) in [5.41, 5.74) is 1.57. The van der Waals surface area contributed by atoms with E-state index in [9.17, 15) is 9.18 Å². The Morgan fingerprint density at radius 2 is 2.15 bits per heavy atom. The van der Waals surface area contributed by atoms with Crippen LogP contribution in [0.3, 0.4) is 0 Å². The van der Waals surface area contributed by atoms with Crippen LogP contribution in [0.2, 0.25) is 5.02 Å². The molecule has 0 fully saturated rings. The third-order valence-electron chi connectivity index (χ3n) is 3.59. The molecule has 10 heteroatoms. The molecule has 0 atom stereocenters. The quantitative estimate of drug-likeness (QED) is 0.636. The van der Waals surface area contributed by atoms with Gasteiger partial charge in [0.1, 0.15) is 12.1 Å². The first-order valence-corrected chi connectivity index (χ1v) is 8.90. The first kappa shape index (κ1) is 18.5. The lowest BCUT2D eigenvalue weighted by Crippen LogP contribution is -2.16. The Bertz CT molecular complexity index is 921. The molecule has 0 spiro atoms. The van der Waals surface area contributed by atoms with Crippen molar-refractivity contribution in [2.24, 2.45) is 0 Å². The van der Waals surface area contributed by atoms with Crippen molar-refractivity contribution in [3.63, 3.8) is 0 Å². The van der Waals surface area contributed by atoms with Gasteiger partial charge in [-0.2, -0.15) is 5.10 Å². The molecular formula is C16H15BrClFN6O. The van der Waals surface area contributed by atoms with Crippen molar-refractivity contribution < 1.29 is 9.18 Å². The average Bonchev–Trinajstić information content (AvgIpc) is 3.15. The van der Waals surface area contributed by atoms with E-state index in [-0.39, 0.29) is 18.3 Å². The largest absolute Gasteiger partial charge is 0.293 e. The highest BCUT2D eigenvalue weighted by Crippen LogP contribution is 2.18. The Morgan fingerprint density at radius 1 is 1.35 bits per heavy atom. The van der Waals surface area contributed by atoms with Gasteiger partial charge in [0.2, 0.25) is 11.9 Å². The van der Waals surface area contributed by atoms with Crippen LogP contribution in [0.15, 0.2) is 35.2 Å². The molecule has 136 valence electrons. The topological polar surface area (TPSA) is 77.6 Å². The summed E-state index contributed by atoms with van der Waals surface area (Å²) in [5, 5.41) is 11.4. The predicted octanol–water partition coefficient (Wildman–Crippen LogP) is 3.42. The van der Waals surface area contributed by atoms with Crippen molar-refractivity contribution in [1.29, 1.82) is 0 Å². The van der Waals surface area contributed by atoms with Gasteiger partial charge in [-0.1, -0.05) is 17.7 Å². The number of carbonyl (C=O) groups is 1. The van der Waals surface area contributed by atoms with Crippen LogP contribution in [0.1, 0.15) is 17.7 Å². The van der Waals surface area contributed by atoms with E-state index in [1.165, 1.54) is 23.1 Å². The van der Waals surface area contributed by atoms with E-state index >= 15 is 0 Å². The molecule has 0 unspecified atom stereocenters. The van der Waals surface area contributed by atoms with Crippen LogP contribution in [0, 0.1) is 12.7 Å².